The molecule has 0 saturated carbocycles. The van der Waals surface area contributed by atoms with E-state index >= 15 is 0 Å². The van der Waals surface area contributed by atoms with Crippen LogP contribution in [0.4, 0.5) is 0 Å². The Morgan fingerprint density at radius 2 is 1.00 bits per heavy atom. The maximum atomic E-state index is 5.29. The minimum absolute atomic E-state index is 0.666. The Bertz CT molecular complexity index is 3000. The zero-order valence-electron chi connectivity index (χ0n) is 26.2. The van der Waals surface area contributed by atoms with Gasteiger partial charge in [0.15, 0.2) is 17.5 Å². The lowest BCUT2D eigenvalue weighted by Gasteiger charge is -2.11. The molecule has 0 spiro atoms. The molecule has 3 nitrogen and oxygen atoms in total. The Morgan fingerprint density at radius 3 is 1.90 bits per heavy atom. The summed E-state index contributed by atoms with van der Waals surface area (Å²) in [5.41, 5.74) is 8.00. The minimum atomic E-state index is 0.666. The smallest absolute Gasteiger partial charge is 0.164 e. The van der Waals surface area contributed by atoms with E-state index in [9.17, 15) is 0 Å². The van der Waals surface area contributed by atoms with Gasteiger partial charge >= 0.3 is 0 Å². The Labute approximate surface area is 285 Å². The molecule has 0 radical (unpaired) electrons. The van der Waals surface area contributed by atoms with Gasteiger partial charge in [-0.25, -0.2) is 15.0 Å². The highest BCUT2D eigenvalue weighted by Crippen LogP contribution is 2.49. The highest BCUT2D eigenvalue weighted by atomic mass is 32.1. The second-order valence-electron chi connectivity index (χ2n) is 12.8. The van der Waals surface area contributed by atoms with Crippen molar-refractivity contribution in [1.82, 2.24) is 15.0 Å². The van der Waals surface area contributed by atoms with Gasteiger partial charge in [-0.2, -0.15) is 0 Å². The Morgan fingerprint density at radius 1 is 0.347 bits per heavy atom. The van der Waals surface area contributed by atoms with Crippen molar-refractivity contribution in [1.29, 1.82) is 0 Å². The zero-order chi connectivity index (χ0) is 32.1. The Balaban J connectivity index is 1.19. The maximum absolute atomic E-state index is 5.29. The molecule has 0 amide bonds. The summed E-state index contributed by atoms with van der Waals surface area (Å²) in [6, 6.07) is 54.2. The molecule has 4 heteroatoms. The number of hydrogen-bond donors (Lipinski definition) is 0. The second-order valence-corrected chi connectivity index (χ2v) is 13.8. The van der Waals surface area contributed by atoms with Crippen LogP contribution in [0.5, 0.6) is 0 Å². The van der Waals surface area contributed by atoms with Gasteiger partial charge in [0.05, 0.1) is 0 Å². The first-order chi connectivity index (χ1) is 24.3. The lowest BCUT2D eigenvalue weighted by molar-refractivity contribution is 1.08. The number of benzene rings is 8. The third kappa shape index (κ3) is 3.92. The first-order valence-corrected chi connectivity index (χ1v) is 17.3. The molecule has 0 saturated heterocycles. The number of hydrogen-bond acceptors (Lipinski definition) is 4. The van der Waals surface area contributed by atoms with Crippen LogP contribution in [0, 0.1) is 0 Å². The summed E-state index contributed by atoms with van der Waals surface area (Å²) in [6.07, 6.45) is 0. The van der Waals surface area contributed by atoms with Gasteiger partial charge in [0.25, 0.3) is 0 Å². The summed E-state index contributed by atoms with van der Waals surface area (Å²) >= 11 is 1.85. The van der Waals surface area contributed by atoms with E-state index in [1.807, 2.05) is 29.5 Å². The normalized spacial score (nSPS) is 12.1. The molecule has 1 aliphatic carbocycles. The van der Waals surface area contributed by atoms with Crippen LogP contribution < -0.4 is 0 Å². The number of aromatic nitrogens is 3. The van der Waals surface area contributed by atoms with Crippen LogP contribution in [0.2, 0.25) is 0 Å². The van der Waals surface area contributed by atoms with Crippen molar-refractivity contribution >= 4 is 63.8 Å². The monoisotopic (exact) mass is 639 g/mol. The lowest BCUT2D eigenvalue weighted by Crippen LogP contribution is -2.00. The predicted octanol–water partition coefficient (Wildman–Crippen LogP) is 12.3. The van der Waals surface area contributed by atoms with E-state index in [-0.39, 0.29) is 0 Å². The molecule has 11 rings (SSSR count). The summed E-state index contributed by atoms with van der Waals surface area (Å²) < 4.78 is 2.51. The molecule has 0 atom stereocenters. The highest BCUT2D eigenvalue weighted by Gasteiger charge is 2.23. The van der Waals surface area contributed by atoms with Crippen LogP contribution in [0.3, 0.4) is 0 Å². The average molecular weight is 640 g/mol. The van der Waals surface area contributed by atoms with Crippen molar-refractivity contribution in [3.63, 3.8) is 0 Å². The third-order valence-corrected chi connectivity index (χ3v) is 11.2. The molecular weight excluding hydrogens is 615 g/mol. The van der Waals surface area contributed by atoms with E-state index < -0.39 is 0 Å². The summed E-state index contributed by atoms with van der Waals surface area (Å²) in [5, 5.41) is 9.98. The number of thiophene rings is 1. The van der Waals surface area contributed by atoms with Gasteiger partial charge in [-0.15, -0.1) is 11.3 Å². The summed E-state index contributed by atoms with van der Waals surface area (Å²) in [6.45, 7) is 0. The van der Waals surface area contributed by atoms with Crippen LogP contribution in [0.25, 0.3) is 109 Å². The molecule has 226 valence electrons. The van der Waals surface area contributed by atoms with Crippen LogP contribution in [-0.4, -0.2) is 15.0 Å². The van der Waals surface area contributed by atoms with Crippen molar-refractivity contribution in [2.24, 2.45) is 0 Å². The molecule has 0 bridgehead atoms. The number of nitrogens with zero attached hydrogens (tertiary/aromatic N) is 3. The van der Waals surface area contributed by atoms with Gasteiger partial charge in [-0.05, 0) is 67.4 Å². The van der Waals surface area contributed by atoms with Gasteiger partial charge < -0.3 is 0 Å². The summed E-state index contributed by atoms with van der Waals surface area (Å²) in [5.74, 6) is 2.02. The van der Waals surface area contributed by atoms with E-state index in [1.54, 1.807) is 0 Å². The Kier molecular flexibility index (Phi) is 5.54. The van der Waals surface area contributed by atoms with Crippen LogP contribution in [-0.2, 0) is 0 Å². The molecule has 0 fully saturated rings. The molecule has 8 aromatic carbocycles. The van der Waals surface area contributed by atoms with Gasteiger partial charge in [-0.3, -0.25) is 0 Å². The van der Waals surface area contributed by atoms with E-state index in [4.69, 9.17) is 15.0 Å². The molecule has 0 N–H and O–H groups in total. The Hall–Kier alpha value is -6.23. The average Bonchev–Trinajstić information content (AvgIpc) is 3.72. The number of rotatable bonds is 3. The SMILES string of the molecule is c1ccc(-c2nc(-c3cc4c5c(cccc5c3)-c3ccccc3-4)nc(-c3cccc4sc5c(ccc6ccc7ccccc7c65)c34)n2)cc1. The van der Waals surface area contributed by atoms with Crippen molar-refractivity contribution in [2.45, 2.75) is 0 Å². The van der Waals surface area contributed by atoms with Crippen molar-refractivity contribution in [3.05, 3.63) is 152 Å². The fraction of sp³-hybridized carbons (Fsp3) is 0. The standard InChI is InChI=1S/C45H25N3S/c1-2-11-28(12-3-1)43-46-44(30-24-29-13-8-17-34-32-15-6-7-16-33(32)37(25-30)39(29)34)48-45(47-43)36-18-9-19-38-41(36)35-23-22-27-21-20-26-10-4-5-14-31(26)40(27)42(35)49-38/h1-25H. The topological polar surface area (TPSA) is 38.7 Å². The van der Waals surface area contributed by atoms with E-state index in [0.29, 0.717) is 17.5 Å². The molecule has 0 aliphatic heterocycles. The summed E-state index contributed by atoms with van der Waals surface area (Å²) in [7, 11) is 0. The molecule has 0 unspecified atom stereocenters. The number of fused-ring (bicyclic) bond motifs is 10. The quantitative estimate of drug-likeness (QED) is 0.181. The minimum Gasteiger partial charge on any atom is -0.208 e. The first kappa shape index (κ1) is 26.8. The first-order valence-electron chi connectivity index (χ1n) is 16.5. The van der Waals surface area contributed by atoms with Crippen LogP contribution in [0.1, 0.15) is 0 Å². The third-order valence-electron chi connectivity index (χ3n) is 10.0. The molecule has 10 aromatic rings. The molecule has 2 heterocycles. The highest BCUT2D eigenvalue weighted by molar-refractivity contribution is 7.27. The fourth-order valence-corrected chi connectivity index (χ4v) is 9.14. The summed E-state index contributed by atoms with van der Waals surface area (Å²) in [4.78, 5) is 15.6. The predicted molar refractivity (Wildman–Crippen MR) is 206 cm³/mol. The molecule has 1 aliphatic rings. The van der Waals surface area contributed by atoms with Crippen molar-refractivity contribution in [3.8, 4) is 56.4 Å². The van der Waals surface area contributed by atoms with Crippen molar-refractivity contribution < 1.29 is 0 Å². The van der Waals surface area contributed by atoms with Gasteiger partial charge in [0, 0.05) is 42.2 Å². The van der Waals surface area contributed by atoms with Gasteiger partial charge in [0.1, 0.15) is 0 Å². The van der Waals surface area contributed by atoms with Crippen LogP contribution >= 0.6 is 11.3 Å². The van der Waals surface area contributed by atoms with Gasteiger partial charge in [0.2, 0.25) is 0 Å². The lowest BCUT2D eigenvalue weighted by atomic mass is 9.98. The van der Waals surface area contributed by atoms with E-state index in [0.717, 1.165) is 16.7 Å². The van der Waals surface area contributed by atoms with Crippen molar-refractivity contribution in [2.75, 3.05) is 0 Å². The maximum Gasteiger partial charge on any atom is 0.164 e. The molecule has 49 heavy (non-hydrogen) atoms. The molecular formula is C45H25N3S. The van der Waals surface area contributed by atoms with E-state index in [1.165, 1.54) is 74.7 Å². The molecule has 2 aromatic heterocycles. The van der Waals surface area contributed by atoms with Crippen LogP contribution in [0.15, 0.2) is 152 Å². The zero-order valence-corrected chi connectivity index (χ0v) is 27.0. The fourth-order valence-electron chi connectivity index (χ4n) is 7.85. The second kappa shape index (κ2) is 10.1. The largest absolute Gasteiger partial charge is 0.208 e. The van der Waals surface area contributed by atoms with E-state index in [2.05, 4.69) is 133 Å². The van der Waals surface area contributed by atoms with Gasteiger partial charge in [-0.1, -0.05) is 133 Å².